The van der Waals surface area contributed by atoms with Crippen LogP contribution in [-0.2, 0) is 6.54 Å². The quantitative estimate of drug-likeness (QED) is 0.495. The number of nitrogens with zero attached hydrogens (tertiary/aromatic N) is 2. The summed E-state index contributed by atoms with van der Waals surface area (Å²) in [5, 5.41) is 14.1. The molecule has 0 aliphatic carbocycles. The normalized spacial score (nSPS) is 10.9. The van der Waals surface area contributed by atoms with Crippen molar-refractivity contribution in [3.05, 3.63) is 58.0 Å². The molecule has 1 aromatic heterocycles. The lowest BCUT2D eigenvalue weighted by Crippen LogP contribution is -2.04. The smallest absolute Gasteiger partial charge is 0.222 e. The average Bonchev–Trinajstić information content (AvgIpc) is 2.86. The molecule has 0 atom stereocenters. The minimum Gasteiger partial charge on any atom is -0.493 e. The van der Waals surface area contributed by atoms with Crippen LogP contribution in [0.2, 0.25) is 5.02 Å². The molecule has 24 heavy (non-hydrogen) atoms. The van der Waals surface area contributed by atoms with E-state index in [2.05, 4.69) is 5.18 Å². The summed E-state index contributed by atoms with van der Waals surface area (Å²) in [7, 11) is 0. The van der Waals surface area contributed by atoms with Gasteiger partial charge in [0.2, 0.25) is 5.88 Å². The highest BCUT2D eigenvalue weighted by molar-refractivity contribution is 6.36. The number of hydrogen-bond donors (Lipinski definition) is 1. The first-order chi connectivity index (χ1) is 11.6. The van der Waals surface area contributed by atoms with E-state index in [1.807, 2.05) is 31.2 Å². The van der Waals surface area contributed by atoms with Gasteiger partial charge in [0.25, 0.3) is 0 Å². The molecule has 0 fully saturated rings. The molecule has 0 unspecified atom stereocenters. The molecule has 124 valence electrons. The van der Waals surface area contributed by atoms with Gasteiger partial charge in [-0.1, -0.05) is 35.9 Å². The Morgan fingerprint density at radius 2 is 2.00 bits per heavy atom. The van der Waals surface area contributed by atoms with Gasteiger partial charge in [-0.05, 0) is 42.3 Å². The Balaban J connectivity index is 1.76. The van der Waals surface area contributed by atoms with Gasteiger partial charge in [0.05, 0.1) is 22.5 Å². The molecule has 0 saturated heterocycles. The maximum Gasteiger partial charge on any atom is 0.222 e. The molecule has 3 rings (SSSR count). The highest BCUT2D eigenvalue weighted by Crippen LogP contribution is 2.42. The standard InChI is InChI=1S/C18H17ClN2O3/c1-12-6-2-3-9-15(12)24-11-5-10-21-14-8-4-7-13(19)16(14)17(20-23)18(21)22/h2-4,6-9,22H,5,10-11H2,1H3. The fourth-order valence-corrected chi connectivity index (χ4v) is 3.02. The minimum atomic E-state index is -0.163. The lowest BCUT2D eigenvalue weighted by atomic mass is 10.2. The van der Waals surface area contributed by atoms with E-state index < -0.39 is 0 Å². The van der Waals surface area contributed by atoms with Crippen LogP contribution in [0, 0.1) is 11.8 Å². The number of rotatable bonds is 6. The Morgan fingerprint density at radius 1 is 1.21 bits per heavy atom. The molecule has 1 heterocycles. The van der Waals surface area contributed by atoms with Crippen LogP contribution in [0.15, 0.2) is 47.6 Å². The molecule has 0 bridgehead atoms. The van der Waals surface area contributed by atoms with Crippen molar-refractivity contribution in [3.63, 3.8) is 0 Å². The second-order valence-electron chi connectivity index (χ2n) is 5.52. The number of aromatic hydroxyl groups is 1. The van der Waals surface area contributed by atoms with Crippen molar-refractivity contribution < 1.29 is 9.84 Å². The maximum atomic E-state index is 11.1. The number of ether oxygens (including phenoxy) is 1. The Hall–Kier alpha value is -2.53. The molecule has 0 amide bonds. The Labute approximate surface area is 144 Å². The highest BCUT2D eigenvalue weighted by Gasteiger charge is 2.19. The third-order valence-electron chi connectivity index (χ3n) is 3.96. The lowest BCUT2D eigenvalue weighted by molar-refractivity contribution is 0.296. The molecule has 0 radical (unpaired) electrons. The SMILES string of the molecule is Cc1ccccc1OCCCn1c(O)c(N=O)c2c(Cl)cccc21. The highest BCUT2D eigenvalue weighted by atomic mass is 35.5. The van der Waals surface area contributed by atoms with Gasteiger partial charge in [-0.15, -0.1) is 4.91 Å². The van der Waals surface area contributed by atoms with Gasteiger partial charge in [-0.2, -0.15) is 0 Å². The van der Waals surface area contributed by atoms with Gasteiger partial charge in [0, 0.05) is 6.54 Å². The molecule has 3 aromatic rings. The molecule has 6 heteroatoms. The van der Waals surface area contributed by atoms with Crippen molar-refractivity contribution in [3.8, 4) is 11.6 Å². The van der Waals surface area contributed by atoms with Crippen molar-refractivity contribution >= 4 is 28.2 Å². The van der Waals surface area contributed by atoms with Crippen molar-refractivity contribution in [2.75, 3.05) is 6.61 Å². The summed E-state index contributed by atoms with van der Waals surface area (Å²) in [6.45, 7) is 2.98. The molecule has 1 N–H and O–H groups in total. The summed E-state index contributed by atoms with van der Waals surface area (Å²) in [5.74, 6) is 0.682. The van der Waals surface area contributed by atoms with Crippen LogP contribution in [0.1, 0.15) is 12.0 Å². The van der Waals surface area contributed by atoms with Crippen LogP contribution in [0.5, 0.6) is 11.6 Å². The fraction of sp³-hybridized carbons (Fsp3) is 0.222. The predicted molar refractivity (Wildman–Crippen MR) is 95.4 cm³/mol. The van der Waals surface area contributed by atoms with Gasteiger partial charge < -0.3 is 14.4 Å². The minimum absolute atomic E-state index is 0.0181. The molecule has 0 spiro atoms. The molecule has 0 aliphatic rings. The predicted octanol–water partition coefficient (Wildman–Crippen LogP) is 5.18. The zero-order valence-electron chi connectivity index (χ0n) is 13.2. The van der Waals surface area contributed by atoms with Crippen LogP contribution in [0.4, 0.5) is 5.69 Å². The van der Waals surface area contributed by atoms with E-state index in [1.54, 1.807) is 22.8 Å². The van der Waals surface area contributed by atoms with Crippen LogP contribution in [-0.4, -0.2) is 16.3 Å². The van der Waals surface area contributed by atoms with Crippen LogP contribution < -0.4 is 4.74 Å². The number of para-hydroxylation sites is 1. The number of hydrogen-bond acceptors (Lipinski definition) is 4. The van der Waals surface area contributed by atoms with Gasteiger partial charge in [0.15, 0.2) is 5.69 Å². The van der Waals surface area contributed by atoms with Crippen LogP contribution in [0.25, 0.3) is 10.9 Å². The largest absolute Gasteiger partial charge is 0.493 e. The Kier molecular flexibility index (Phi) is 4.71. The molecule has 5 nitrogen and oxygen atoms in total. The summed E-state index contributed by atoms with van der Waals surface area (Å²) in [6, 6.07) is 13.1. The number of aromatic nitrogens is 1. The number of aryl methyl sites for hydroxylation is 2. The summed E-state index contributed by atoms with van der Waals surface area (Å²) >= 11 is 6.14. The Bertz CT molecular complexity index is 889. The van der Waals surface area contributed by atoms with Crippen molar-refractivity contribution in [1.29, 1.82) is 0 Å². The molecule has 0 saturated carbocycles. The van der Waals surface area contributed by atoms with Crippen molar-refractivity contribution in [1.82, 2.24) is 4.57 Å². The summed E-state index contributed by atoms with van der Waals surface area (Å²) < 4.78 is 7.40. The summed E-state index contributed by atoms with van der Waals surface area (Å²) in [4.78, 5) is 11.1. The topological polar surface area (TPSA) is 63.8 Å². The second-order valence-corrected chi connectivity index (χ2v) is 5.92. The number of halogens is 1. The molecular weight excluding hydrogens is 328 g/mol. The van der Waals surface area contributed by atoms with E-state index in [-0.39, 0.29) is 11.6 Å². The molecular formula is C18H17ClN2O3. The third kappa shape index (κ3) is 2.95. The lowest BCUT2D eigenvalue weighted by Gasteiger charge is -2.10. The van der Waals surface area contributed by atoms with E-state index in [4.69, 9.17) is 16.3 Å². The summed E-state index contributed by atoms with van der Waals surface area (Å²) in [5.41, 5.74) is 1.74. The zero-order valence-corrected chi connectivity index (χ0v) is 14.0. The maximum absolute atomic E-state index is 11.1. The number of benzene rings is 2. The van der Waals surface area contributed by atoms with E-state index in [0.29, 0.717) is 35.5 Å². The fourth-order valence-electron chi connectivity index (χ4n) is 2.76. The van der Waals surface area contributed by atoms with Gasteiger partial charge >= 0.3 is 0 Å². The first-order valence-electron chi connectivity index (χ1n) is 7.65. The van der Waals surface area contributed by atoms with E-state index >= 15 is 0 Å². The molecule has 2 aromatic carbocycles. The summed E-state index contributed by atoms with van der Waals surface area (Å²) in [6.07, 6.45) is 0.663. The monoisotopic (exact) mass is 344 g/mol. The number of fused-ring (bicyclic) bond motifs is 1. The molecule has 0 aliphatic heterocycles. The van der Waals surface area contributed by atoms with Gasteiger partial charge in [0.1, 0.15) is 5.75 Å². The van der Waals surface area contributed by atoms with Gasteiger partial charge in [-0.25, -0.2) is 0 Å². The van der Waals surface area contributed by atoms with Crippen LogP contribution in [0.3, 0.4) is 0 Å². The first-order valence-corrected chi connectivity index (χ1v) is 8.02. The van der Waals surface area contributed by atoms with Crippen molar-refractivity contribution in [2.24, 2.45) is 5.18 Å². The van der Waals surface area contributed by atoms with E-state index in [9.17, 15) is 10.0 Å². The Morgan fingerprint density at radius 3 is 2.75 bits per heavy atom. The van der Waals surface area contributed by atoms with E-state index in [0.717, 1.165) is 11.3 Å². The number of nitroso groups, excluding NO2 is 1. The first kappa shape index (κ1) is 16.3. The van der Waals surface area contributed by atoms with Crippen LogP contribution >= 0.6 is 11.6 Å². The van der Waals surface area contributed by atoms with E-state index in [1.165, 1.54) is 0 Å². The van der Waals surface area contributed by atoms with Crippen molar-refractivity contribution in [2.45, 2.75) is 19.9 Å². The zero-order chi connectivity index (χ0) is 17.1. The van der Waals surface area contributed by atoms with Gasteiger partial charge in [-0.3, -0.25) is 0 Å². The average molecular weight is 345 g/mol. The second kappa shape index (κ2) is 6.93. The third-order valence-corrected chi connectivity index (χ3v) is 4.27.